The highest BCUT2D eigenvalue weighted by molar-refractivity contribution is 5.76. The van der Waals surface area contributed by atoms with Gasteiger partial charge in [-0.2, -0.15) is 0 Å². The van der Waals surface area contributed by atoms with Crippen molar-refractivity contribution in [2.24, 2.45) is 11.7 Å². The molecule has 16 heavy (non-hydrogen) atoms. The molecule has 1 unspecified atom stereocenters. The molecule has 0 aromatic rings. The largest absolute Gasteiger partial charge is 0.353 e. The van der Waals surface area contributed by atoms with Crippen LogP contribution in [0.5, 0.6) is 0 Å². The fourth-order valence-electron chi connectivity index (χ4n) is 2.51. The van der Waals surface area contributed by atoms with Gasteiger partial charge in [0.25, 0.3) is 0 Å². The molecule has 0 saturated heterocycles. The third-order valence-corrected chi connectivity index (χ3v) is 3.63. The maximum atomic E-state index is 11.7. The average molecular weight is 226 g/mol. The van der Waals surface area contributed by atoms with Crippen molar-refractivity contribution in [3.8, 4) is 0 Å². The van der Waals surface area contributed by atoms with E-state index in [0.717, 1.165) is 25.2 Å². The summed E-state index contributed by atoms with van der Waals surface area (Å²) in [6.07, 6.45) is 9.02. The molecule has 1 amide bonds. The Morgan fingerprint density at radius 1 is 1.44 bits per heavy atom. The van der Waals surface area contributed by atoms with Crippen molar-refractivity contribution in [1.29, 1.82) is 0 Å². The summed E-state index contributed by atoms with van der Waals surface area (Å²) in [6.45, 7) is 2.75. The normalized spacial score (nSPS) is 18.6. The van der Waals surface area contributed by atoms with Crippen LogP contribution in [0.25, 0.3) is 0 Å². The molecule has 0 aliphatic heterocycles. The van der Waals surface area contributed by atoms with Gasteiger partial charge >= 0.3 is 0 Å². The fourth-order valence-corrected chi connectivity index (χ4v) is 2.51. The highest BCUT2D eigenvalue weighted by atomic mass is 16.1. The lowest BCUT2D eigenvalue weighted by molar-refractivity contribution is -0.122. The van der Waals surface area contributed by atoms with Gasteiger partial charge in [0, 0.05) is 12.5 Å². The number of nitrogens with one attached hydrogen (secondary N) is 1. The summed E-state index contributed by atoms with van der Waals surface area (Å²) >= 11 is 0. The first-order valence-electron chi connectivity index (χ1n) is 6.75. The van der Waals surface area contributed by atoms with Crippen molar-refractivity contribution in [2.75, 3.05) is 6.54 Å². The second kappa shape index (κ2) is 7.66. The van der Waals surface area contributed by atoms with Gasteiger partial charge in [-0.1, -0.05) is 32.6 Å². The molecule has 3 N–H and O–H groups in total. The predicted octanol–water partition coefficient (Wildman–Crippen LogP) is 2.20. The zero-order valence-corrected chi connectivity index (χ0v) is 10.5. The summed E-state index contributed by atoms with van der Waals surface area (Å²) in [6, 6.07) is 0.279. The number of amides is 1. The molecule has 3 heteroatoms. The lowest BCUT2D eigenvalue weighted by Crippen LogP contribution is -2.35. The predicted molar refractivity (Wildman–Crippen MR) is 67.1 cm³/mol. The Hall–Kier alpha value is -0.570. The Morgan fingerprint density at radius 3 is 2.69 bits per heavy atom. The molecule has 0 radical (unpaired) electrons. The van der Waals surface area contributed by atoms with Crippen molar-refractivity contribution < 1.29 is 4.79 Å². The molecule has 3 nitrogen and oxygen atoms in total. The van der Waals surface area contributed by atoms with Crippen LogP contribution in [0.3, 0.4) is 0 Å². The highest BCUT2D eigenvalue weighted by Crippen LogP contribution is 2.28. The van der Waals surface area contributed by atoms with Gasteiger partial charge in [-0.15, -0.1) is 0 Å². The Morgan fingerprint density at radius 2 is 2.12 bits per heavy atom. The number of carbonyl (C=O) groups excluding carboxylic acids is 1. The summed E-state index contributed by atoms with van der Waals surface area (Å²) < 4.78 is 0. The zero-order valence-electron chi connectivity index (χ0n) is 10.5. The van der Waals surface area contributed by atoms with E-state index in [0.29, 0.717) is 13.0 Å². The third kappa shape index (κ3) is 4.97. The summed E-state index contributed by atoms with van der Waals surface area (Å²) in [5.74, 6) is 1.02. The number of hydrogen-bond donors (Lipinski definition) is 2. The number of hydrogen-bond acceptors (Lipinski definition) is 2. The molecule has 1 atom stereocenters. The maximum absolute atomic E-state index is 11.7. The van der Waals surface area contributed by atoms with Crippen LogP contribution in [0.1, 0.15) is 58.3 Å². The van der Waals surface area contributed by atoms with Gasteiger partial charge in [0.05, 0.1) is 0 Å². The van der Waals surface area contributed by atoms with Gasteiger partial charge in [0.2, 0.25) is 5.91 Å². The van der Waals surface area contributed by atoms with Gasteiger partial charge in [-0.25, -0.2) is 0 Å². The molecule has 1 aliphatic rings. The highest BCUT2D eigenvalue weighted by Gasteiger charge is 2.17. The van der Waals surface area contributed by atoms with Crippen molar-refractivity contribution in [2.45, 2.75) is 64.3 Å². The minimum atomic E-state index is 0.215. The van der Waals surface area contributed by atoms with Crippen LogP contribution in [0, 0.1) is 5.92 Å². The van der Waals surface area contributed by atoms with E-state index in [9.17, 15) is 4.79 Å². The minimum Gasteiger partial charge on any atom is -0.353 e. The molecular weight excluding hydrogens is 200 g/mol. The average Bonchev–Trinajstić information content (AvgIpc) is 2.78. The number of rotatable bonds is 7. The van der Waals surface area contributed by atoms with E-state index < -0.39 is 0 Å². The third-order valence-electron chi connectivity index (χ3n) is 3.63. The quantitative estimate of drug-likeness (QED) is 0.699. The van der Waals surface area contributed by atoms with Crippen LogP contribution in [0.4, 0.5) is 0 Å². The summed E-state index contributed by atoms with van der Waals surface area (Å²) in [5.41, 5.74) is 5.50. The van der Waals surface area contributed by atoms with Crippen LogP contribution in [0.2, 0.25) is 0 Å². The van der Waals surface area contributed by atoms with E-state index in [1.807, 2.05) is 0 Å². The van der Waals surface area contributed by atoms with Gasteiger partial charge in [0.15, 0.2) is 0 Å². The van der Waals surface area contributed by atoms with Gasteiger partial charge in [0.1, 0.15) is 0 Å². The van der Waals surface area contributed by atoms with Crippen molar-refractivity contribution in [3.05, 3.63) is 0 Å². The van der Waals surface area contributed by atoms with E-state index >= 15 is 0 Å². The fraction of sp³-hybridized carbons (Fsp3) is 0.923. The summed E-state index contributed by atoms with van der Waals surface area (Å²) in [7, 11) is 0. The topological polar surface area (TPSA) is 55.1 Å². The Balaban J connectivity index is 2.13. The van der Waals surface area contributed by atoms with E-state index in [-0.39, 0.29) is 11.9 Å². The molecule has 0 aromatic heterocycles. The molecule has 0 heterocycles. The standard InChI is InChI=1S/C13H26N2O/c1-2-12(9-10-14)15-13(16)8-7-11-5-3-4-6-11/h11-12H,2-10,14H2,1H3,(H,15,16). The van der Waals surface area contributed by atoms with Gasteiger partial charge in [-0.3, -0.25) is 4.79 Å². The van der Waals surface area contributed by atoms with E-state index in [1.165, 1.54) is 25.7 Å². The van der Waals surface area contributed by atoms with Crippen LogP contribution in [-0.4, -0.2) is 18.5 Å². The molecule has 94 valence electrons. The van der Waals surface area contributed by atoms with Crippen molar-refractivity contribution >= 4 is 5.91 Å². The van der Waals surface area contributed by atoms with Crippen LogP contribution in [0.15, 0.2) is 0 Å². The molecular formula is C13H26N2O. The van der Waals surface area contributed by atoms with Gasteiger partial charge < -0.3 is 11.1 Å². The Labute approximate surface area is 99.2 Å². The Kier molecular flexibility index (Phi) is 6.46. The smallest absolute Gasteiger partial charge is 0.220 e. The SMILES string of the molecule is CCC(CCN)NC(=O)CCC1CCCC1. The zero-order chi connectivity index (χ0) is 11.8. The molecule has 1 saturated carbocycles. The second-order valence-corrected chi connectivity index (χ2v) is 4.94. The Bertz CT molecular complexity index is 200. The summed E-state index contributed by atoms with van der Waals surface area (Å²) in [5, 5.41) is 3.07. The van der Waals surface area contributed by atoms with Gasteiger partial charge in [-0.05, 0) is 31.7 Å². The number of nitrogens with two attached hydrogens (primary N) is 1. The van der Waals surface area contributed by atoms with E-state index in [2.05, 4.69) is 12.2 Å². The second-order valence-electron chi connectivity index (χ2n) is 4.94. The van der Waals surface area contributed by atoms with E-state index in [4.69, 9.17) is 5.73 Å². The molecule has 0 spiro atoms. The molecule has 0 aromatic carbocycles. The first kappa shape index (κ1) is 13.5. The maximum Gasteiger partial charge on any atom is 0.220 e. The van der Waals surface area contributed by atoms with E-state index in [1.54, 1.807) is 0 Å². The monoisotopic (exact) mass is 226 g/mol. The first-order chi connectivity index (χ1) is 7.76. The lowest BCUT2D eigenvalue weighted by atomic mass is 10.0. The lowest BCUT2D eigenvalue weighted by Gasteiger charge is -2.16. The molecule has 1 aliphatic carbocycles. The van der Waals surface area contributed by atoms with Crippen LogP contribution >= 0.6 is 0 Å². The summed E-state index contributed by atoms with van der Waals surface area (Å²) in [4.78, 5) is 11.7. The first-order valence-corrected chi connectivity index (χ1v) is 6.75. The van der Waals surface area contributed by atoms with Crippen molar-refractivity contribution in [1.82, 2.24) is 5.32 Å². The molecule has 0 bridgehead atoms. The van der Waals surface area contributed by atoms with Crippen LogP contribution < -0.4 is 11.1 Å². The van der Waals surface area contributed by atoms with Crippen LogP contribution in [-0.2, 0) is 4.79 Å². The molecule has 1 fully saturated rings. The molecule has 1 rings (SSSR count). The minimum absolute atomic E-state index is 0.215. The van der Waals surface area contributed by atoms with Crippen molar-refractivity contribution in [3.63, 3.8) is 0 Å². The number of carbonyl (C=O) groups is 1.